The highest BCUT2D eigenvalue weighted by Crippen LogP contribution is 2.47. The summed E-state index contributed by atoms with van der Waals surface area (Å²) in [6.45, 7) is 6.24. The molecule has 1 heterocycles. The monoisotopic (exact) mass is 326 g/mol. The zero-order valence-corrected chi connectivity index (χ0v) is 15.2. The summed E-state index contributed by atoms with van der Waals surface area (Å²) in [5.41, 5.74) is 3.85. The van der Waals surface area contributed by atoms with Crippen LogP contribution < -0.4 is 0 Å². The summed E-state index contributed by atoms with van der Waals surface area (Å²) in [6.07, 6.45) is 1.65. The van der Waals surface area contributed by atoms with Gasteiger partial charge >= 0.3 is 0 Å². The quantitative estimate of drug-likeness (QED) is 0.836. The van der Waals surface area contributed by atoms with Gasteiger partial charge in [-0.15, -0.1) is 0 Å². The van der Waals surface area contributed by atoms with Crippen molar-refractivity contribution in [2.24, 2.45) is 5.41 Å². The molecule has 0 fully saturated rings. The van der Waals surface area contributed by atoms with Crippen LogP contribution in [0.1, 0.15) is 50.2 Å². The number of hydrogen-bond acceptors (Lipinski definition) is 3. The molecule has 0 N–H and O–H groups in total. The van der Waals surface area contributed by atoms with Crippen LogP contribution >= 0.6 is 0 Å². The largest absolute Gasteiger partial charge is 0.294 e. The van der Waals surface area contributed by atoms with Crippen LogP contribution in [0.3, 0.4) is 0 Å². The number of nitrogens with zero attached hydrogens (tertiary/aromatic N) is 2. The number of rotatable bonds is 2. The molecule has 4 heteroatoms. The average molecular weight is 326 g/mol. The number of hydrazine groups is 1. The molecule has 1 amide bonds. The summed E-state index contributed by atoms with van der Waals surface area (Å²) in [5.74, 6) is 0.134. The van der Waals surface area contributed by atoms with Crippen molar-refractivity contribution in [3.8, 4) is 0 Å². The van der Waals surface area contributed by atoms with E-state index in [0.29, 0.717) is 12.8 Å². The van der Waals surface area contributed by atoms with Gasteiger partial charge in [0.25, 0.3) is 0 Å². The molecule has 0 radical (unpaired) electrons. The summed E-state index contributed by atoms with van der Waals surface area (Å²) < 4.78 is 0. The Hall–Kier alpha value is -1.94. The first kappa shape index (κ1) is 16.9. The minimum atomic E-state index is -0.118. The maximum Gasteiger partial charge on any atom is 0.242 e. The van der Waals surface area contributed by atoms with E-state index in [9.17, 15) is 9.59 Å². The third-order valence-corrected chi connectivity index (χ3v) is 4.96. The molecule has 0 saturated carbocycles. The van der Waals surface area contributed by atoms with Gasteiger partial charge in [-0.05, 0) is 24.3 Å². The minimum Gasteiger partial charge on any atom is -0.294 e. The molecule has 2 aliphatic rings. The first-order valence-corrected chi connectivity index (χ1v) is 8.52. The molecule has 1 unspecified atom stereocenters. The lowest BCUT2D eigenvalue weighted by atomic mass is 9.69. The summed E-state index contributed by atoms with van der Waals surface area (Å²) in [6, 6.07) is 8.18. The minimum absolute atomic E-state index is 0.0655. The number of amides is 1. The lowest BCUT2D eigenvalue weighted by Gasteiger charge is -2.44. The van der Waals surface area contributed by atoms with Crippen LogP contribution in [-0.2, 0) is 9.59 Å². The van der Waals surface area contributed by atoms with E-state index >= 15 is 0 Å². The Morgan fingerprint density at radius 3 is 2.50 bits per heavy atom. The first-order valence-electron chi connectivity index (χ1n) is 8.52. The van der Waals surface area contributed by atoms with E-state index in [1.165, 1.54) is 0 Å². The van der Waals surface area contributed by atoms with Gasteiger partial charge in [0.2, 0.25) is 5.91 Å². The SMILES string of the molecule is Cc1cccc(C2CC(=O)N(N(C)C)C3=C2C(=O)CC(C)(C)C3)c1. The van der Waals surface area contributed by atoms with Gasteiger partial charge < -0.3 is 0 Å². The standard InChI is InChI=1S/C20H26N2O2/c1-13-7-6-8-14(9-13)15-10-18(24)22(21(4)5)16-11-20(2,3)12-17(23)19(15)16/h6-9,15H,10-12H2,1-5H3. The summed E-state index contributed by atoms with van der Waals surface area (Å²) in [5, 5.41) is 3.51. The number of allylic oxidation sites excluding steroid dienone is 2. The van der Waals surface area contributed by atoms with Crippen molar-refractivity contribution in [1.29, 1.82) is 0 Å². The van der Waals surface area contributed by atoms with Gasteiger partial charge in [-0.3, -0.25) is 9.59 Å². The van der Waals surface area contributed by atoms with Crippen LogP contribution in [0.5, 0.6) is 0 Å². The second-order valence-corrected chi connectivity index (χ2v) is 8.02. The Balaban J connectivity index is 2.17. The lowest BCUT2D eigenvalue weighted by Crippen LogP contribution is -2.49. The molecule has 3 rings (SSSR count). The number of carbonyl (C=O) groups is 2. The summed E-state index contributed by atoms with van der Waals surface area (Å²) in [7, 11) is 3.73. The van der Waals surface area contributed by atoms with Crippen molar-refractivity contribution in [3.05, 3.63) is 46.7 Å². The molecule has 1 aliphatic heterocycles. The number of hydrogen-bond donors (Lipinski definition) is 0. The molecular formula is C20H26N2O2. The third-order valence-electron chi connectivity index (χ3n) is 4.96. The zero-order valence-electron chi connectivity index (χ0n) is 15.2. The van der Waals surface area contributed by atoms with Crippen LogP contribution in [0, 0.1) is 12.3 Å². The van der Waals surface area contributed by atoms with E-state index in [0.717, 1.165) is 28.8 Å². The van der Waals surface area contributed by atoms with Crippen molar-refractivity contribution in [1.82, 2.24) is 10.0 Å². The smallest absolute Gasteiger partial charge is 0.242 e. The number of aryl methyl sites for hydroxylation is 1. The van der Waals surface area contributed by atoms with Gasteiger partial charge in [0.1, 0.15) is 0 Å². The maximum absolute atomic E-state index is 13.0. The Labute approximate surface area is 144 Å². The molecular weight excluding hydrogens is 300 g/mol. The Morgan fingerprint density at radius 1 is 1.17 bits per heavy atom. The van der Waals surface area contributed by atoms with Crippen molar-refractivity contribution in [2.75, 3.05) is 14.1 Å². The predicted molar refractivity (Wildman–Crippen MR) is 94.1 cm³/mol. The summed E-state index contributed by atoms with van der Waals surface area (Å²) in [4.78, 5) is 25.8. The highest BCUT2D eigenvalue weighted by molar-refractivity contribution is 6.01. The molecule has 4 nitrogen and oxygen atoms in total. The van der Waals surface area contributed by atoms with Crippen LogP contribution in [0.4, 0.5) is 0 Å². The van der Waals surface area contributed by atoms with Crippen LogP contribution in [-0.4, -0.2) is 35.8 Å². The average Bonchev–Trinajstić information content (AvgIpc) is 2.44. The molecule has 1 atom stereocenters. The molecule has 0 aromatic heterocycles. The van der Waals surface area contributed by atoms with Crippen molar-refractivity contribution in [2.45, 2.75) is 46.0 Å². The van der Waals surface area contributed by atoms with Gasteiger partial charge in [-0.2, -0.15) is 0 Å². The topological polar surface area (TPSA) is 40.6 Å². The normalized spacial score (nSPS) is 23.8. The number of ketones is 1. The van der Waals surface area contributed by atoms with E-state index in [1.54, 1.807) is 10.0 Å². The Kier molecular flexibility index (Phi) is 4.12. The van der Waals surface area contributed by atoms with Gasteiger partial charge in [-0.25, -0.2) is 10.0 Å². The van der Waals surface area contributed by atoms with Crippen molar-refractivity contribution >= 4 is 11.7 Å². The first-order chi connectivity index (χ1) is 11.2. The fourth-order valence-corrected chi connectivity index (χ4v) is 4.04. The lowest BCUT2D eigenvalue weighted by molar-refractivity contribution is -0.143. The molecule has 0 spiro atoms. The predicted octanol–water partition coefficient (Wildman–Crippen LogP) is 3.43. The Bertz CT molecular complexity index is 731. The zero-order chi connectivity index (χ0) is 17.6. The highest BCUT2D eigenvalue weighted by atomic mass is 16.2. The van der Waals surface area contributed by atoms with E-state index in [-0.39, 0.29) is 23.0 Å². The van der Waals surface area contributed by atoms with E-state index < -0.39 is 0 Å². The molecule has 24 heavy (non-hydrogen) atoms. The van der Waals surface area contributed by atoms with Gasteiger partial charge in [0.05, 0.1) is 0 Å². The summed E-state index contributed by atoms with van der Waals surface area (Å²) >= 11 is 0. The maximum atomic E-state index is 13.0. The Morgan fingerprint density at radius 2 is 1.88 bits per heavy atom. The molecule has 1 aliphatic carbocycles. The molecule has 128 valence electrons. The van der Waals surface area contributed by atoms with E-state index in [2.05, 4.69) is 19.9 Å². The fourth-order valence-electron chi connectivity index (χ4n) is 4.04. The van der Waals surface area contributed by atoms with Gasteiger partial charge in [0, 0.05) is 44.1 Å². The van der Waals surface area contributed by atoms with Gasteiger partial charge in [0.15, 0.2) is 5.78 Å². The van der Waals surface area contributed by atoms with Crippen LogP contribution in [0.15, 0.2) is 35.5 Å². The van der Waals surface area contributed by atoms with E-state index in [1.807, 2.05) is 39.2 Å². The van der Waals surface area contributed by atoms with Gasteiger partial charge in [-0.1, -0.05) is 43.7 Å². The highest BCUT2D eigenvalue weighted by Gasteiger charge is 2.44. The van der Waals surface area contributed by atoms with Crippen LogP contribution in [0.25, 0.3) is 0 Å². The fraction of sp³-hybridized carbons (Fsp3) is 0.500. The van der Waals surface area contributed by atoms with E-state index in [4.69, 9.17) is 0 Å². The second kappa shape index (κ2) is 5.85. The number of Topliss-reactive ketones (excluding diaryl/α,β-unsaturated/α-hetero) is 1. The molecule has 1 aromatic carbocycles. The molecule has 0 saturated heterocycles. The second-order valence-electron chi connectivity index (χ2n) is 8.02. The van der Waals surface area contributed by atoms with Crippen molar-refractivity contribution < 1.29 is 9.59 Å². The van der Waals surface area contributed by atoms with Crippen molar-refractivity contribution in [3.63, 3.8) is 0 Å². The number of carbonyl (C=O) groups excluding carboxylic acids is 2. The number of benzene rings is 1. The molecule has 1 aromatic rings. The van der Waals surface area contributed by atoms with Crippen LogP contribution in [0.2, 0.25) is 0 Å². The third kappa shape index (κ3) is 2.91. The molecule has 0 bridgehead atoms.